The van der Waals surface area contributed by atoms with Gasteiger partial charge < -0.3 is 35.3 Å². The minimum absolute atomic E-state index is 1.01. The molecule has 0 aromatic heterocycles. The summed E-state index contributed by atoms with van der Waals surface area (Å²) in [6.45, 7) is -1.05. The van der Waals surface area contributed by atoms with Gasteiger partial charge in [-0.3, -0.25) is 9.32 Å². The second-order valence-electron chi connectivity index (χ2n) is 3.83. The fourth-order valence-electron chi connectivity index (χ4n) is 1.13. The highest BCUT2D eigenvalue weighted by Crippen LogP contribution is 2.35. The average Bonchev–Trinajstić information content (AvgIpc) is 2.32. The Morgan fingerprint density at radius 2 is 1.45 bits per heavy atom. The van der Waals surface area contributed by atoms with E-state index < -0.39 is 57.0 Å². The van der Waals surface area contributed by atoms with Gasteiger partial charge in [0.2, 0.25) is 5.78 Å². The Hall–Kier alpha value is -0.910. The highest BCUT2D eigenvalue weighted by Gasteiger charge is 2.33. The summed E-state index contributed by atoms with van der Waals surface area (Å²) in [4.78, 5) is 37.7. The number of Topliss-reactive ketones (excluding diaryl/α,β-unsaturated/α-hetero) is 1. The first-order valence-electron chi connectivity index (χ1n) is 5.14. The first-order chi connectivity index (χ1) is 8.95. The topological polar surface area (TPSA) is 202 Å². The molecule has 20 heavy (non-hydrogen) atoms. The van der Waals surface area contributed by atoms with Crippen LogP contribution in [0.5, 0.6) is 0 Å². The molecule has 118 valence electrons. The smallest absolute Gasteiger partial charge is 0.469 e. The van der Waals surface area contributed by atoms with E-state index in [1.807, 2.05) is 0 Å². The van der Waals surface area contributed by atoms with Crippen molar-refractivity contribution in [2.75, 3.05) is 6.61 Å². The number of carboxylic acid groups (broad SMARTS) is 1. The third kappa shape index (κ3) is 7.03. The standard InChI is InChI=1S/C8H15O11P/c9-3(1-4(10)8(14)15)6(12)7(13)5(11)2-19-20(16,17)18/h3,5-7,9,11-13H,1-2H2,(H,14,15)(H2,16,17,18)/t3-,5-,6+,7-/m1/s1. The van der Waals surface area contributed by atoms with Crippen molar-refractivity contribution in [3.63, 3.8) is 0 Å². The number of phosphoric acid groups is 1. The van der Waals surface area contributed by atoms with Gasteiger partial charge in [0.1, 0.15) is 18.3 Å². The summed E-state index contributed by atoms with van der Waals surface area (Å²) >= 11 is 0. The van der Waals surface area contributed by atoms with E-state index in [9.17, 15) is 34.6 Å². The Kier molecular flexibility index (Phi) is 7.41. The van der Waals surface area contributed by atoms with Gasteiger partial charge in [-0.2, -0.15) is 0 Å². The molecule has 0 bridgehead atoms. The van der Waals surface area contributed by atoms with Gasteiger partial charge >= 0.3 is 13.8 Å². The largest absolute Gasteiger partial charge is 0.475 e. The molecule has 0 aromatic carbocycles. The molecule has 0 heterocycles. The maximum absolute atomic E-state index is 10.8. The zero-order valence-electron chi connectivity index (χ0n) is 9.93. The van der Waals surface area contributed by atoms with Crippen molar-refractivity contribution in [3.8, 4) is 0 Å². The number of carboxylic acids is 1. The van der Waals surface area contributed by atoms with Gasteiger partial charge in [0.05, 0.1) is 12.7 Å². The van der Waals surface area contributed by atoms with Crippen molar-refractivity contribution in [1.29, 1.82) is 0 Å². The molecule has 0 fully saturated rings. The number of carbonyl (C=O) groups excluding carboxylic acids is 1. The lowest BCUT2D eigenvalue weighted by atomic mass is 9.99. The number of carbonyl (C=O) groups is 2. The van der Waals surface area contributed by atoms with E-state index in [0.717, 1.165) is 0 Å². The van der Waals surface area contributed by atoms with E-state index in [2.05, 4.69) is 4.52 Å². The van der Waals surface area contributed by atoms with E-state index in [1.165, 1.54) is 0 Å². The fourth-order valence-corrected chi connectivity index (χ4v) is 1.47. The summed E-state index contributed by atoms with van der Waals surface area (Å²) in [5, 5.41) is 45.5. The number of rotatable bonds is 9. The summed E-state index contributed by atoms with van der Waals surface area (Å²) in [5.41, 5.74) is 0. The molecule has 0 saturated carbocycles. The summed E-state index contributed by atoms with van der Waals surface area (Å²) in [6, 6.07) is 0. The van der Waals surface area contributed by atoms with Crippen LogP contribution in [0.15, 0.2) is 0 Å². The number of hydrogen-bond acceptors (Lipinski definition) is 8. The molecule has 0 amide bonds. The van der Waals surface area contributed by atoms with Crippen LogP contribution in [-0.4, -0.2) is 78.1 Å². The molecule has 0 aliphatic carbocycles. The number of phosphoric ester groups is 1. The summed E-state index contributed by atoms with van der Waals surface area (Å²) in [7, 11) is -4.90. The molecule has 0 spiro atoms. The SMILES string of the molecule is O=C(O)C(=O)C[C@@H](O)[C@H](O)[C@H](O)[C@H](O)COP(=O)(O)O. The van der Waals surface area contributed by atoms with Gasteiger partial charge in [0, 0.05) is 6.42 Å². The number of ketones is 1. The Labute approximate surface area is 112 Å². The Morgan fingerprint density at radius 1 is 1.00 bits per heavy atom. The average molecular weight is 318 g/mol. The van der Waals surface area contributed by atoms with Crippen LogP contribution in [0.4, 0.5) is 0 Å². The minimum atomic E-state index is -4.90. The van der Waals surface area contributed by atoms with Gasteiger partial charge in [-0.25, -0.2) is 9.36 Å². The second kappa shape index (κ2) is 7.76. The zero-order chi connectivity index (χ0) is 16.1. The summed E-state index contributed by atoms with van der Waals surface area (Å²) in [6.07, 6.45) is -9.21. The number of aliphatic hydroxyl groups is 4. The Balaban J connectivity index is 4.44. The van der Waals surface area contributed by atoms with Crippen molar-refractivity contribution in [2.24, 2.45) is 0 Å². The van der Waals surface area contributed by atoms with Crippen molar-refractivity contribution in [1.82, 2.24) is 0 Å². The Bertz CT molecular complexity index is 390. The van der Waals surface area contributed by atoms with Gasteiger partial charge in [0.25, 0.3) is 0 Å². The number of hydrogen-bond donors (Lipinski definition) is 7. The molecule has 7 N–H and O–H groups in total. The lowest BCUT2D eigenvalue weighted by molar-refractivity contribution is -0.153. The van der Waals surface area contributed by atoms with Crippen molar-refractivity contribution < 1.29 is 54.0 Å². The molecular formula is C8H15O11P. The normalized spacial score (nSPS) is 18.1. The molecule has 4 atom stereocenters. The molecule has 0 aliphatic rings. The highest BCUT2D eigenvalue weighted by molar-refractivity contribution is 7.46. The first kappa shape index (κ1) is 19.1. The van der Waals surface area contributed by atoms with Crippen molar-refractivity contribution >= 4 is 19.6 Å². The third-order valence-corrected chi connectivity index (χ3v) is 2.67. The lowest BCUT2D eigenvalue weighted by Gasteiger charge is -2.25. The predicted octanol–water partition coefficient (Wildman–Crippen LogP) is -3.42. The van der Waals surface area contributed by atoms with Crippen LogP contribution < -0.4 is 0 Å². The monoisotopic (exact) mass is 318 g/mol. The third-order valence-electron chi connectivity index (χ3n) is 2.18. The van der Waals surface area contributed by atoms with Crippen LogP contribution in [0.25, 0.3) is 0 Å². The number of aliphatic hydroxyl groups excluding tert-OH is 4. The van der Waals surface area contributed by atoms with E-state index >= 15 is 0 Å². The van der Waals surface area contributed by atoms with Crippen LogP contribution in [0.2, 0.25) is 0 Å². The van der Waals surface area contributed by atoms with Crippen LogP contribution >= 0.6 is 7.82 Å². The number of aliphatic carboxylic acids is 1. The van der Waals surface area contributed by atoms with Crippen LogP contribution in [-0.2, 0) is 18.7 Å². The molecule has 0 aliphatic heterocycles. The maximum atomic E-state index is 10.8. The second-order valence-corrected chi connectivity index (χ2v) is 5.07. The molecule has 0 rings (SSSR count). The van der Waals surface area contributed by atoms with Crippen LogP contribution in [0.1, 0.15) is 6.42 Å². The van der Waals surface area contributed by atoms with E-state index in [0.29, 0.717) is 0 Å². The van der Waals surface area contributed by atoms with Gasteiger partial charge in [-0.05, 0) is 0 Å². The minimum Gasteiger partial charge on any atom is -0.475 e. The maximum Gasteiger partial charge on any atom is 0.469 e. The first-order valence-corrected chi connectivity index (χ1v) is 6.67. The Morgan fingerprint density at radius 3 is 1.85 bits per heavy atom. The van der Waals surface area contributed by atoms with Crippen LogP contribution in [0, 0.1) is 0 Å². The highest BCUT2D eigenvalue weighted by atomic mass is 31.2. The fraction of sp³-hybridized carbons (Fsp3) is 0.750. The molecule has 0 radical (unpaired) electrons. The van der Waals surface area contributed by atoms with E-state index in [-0.39, 0.29) is 0 Å². The van der Waals surface area contributed by atoms with Gasteiger partial charge in [0.15, 0.2) is 0 Å². The summed E-state index contributed by atoms with van der Waals surface area (Å²) in [5.74, 6) is -3.28. The molecular weight excluding hydrogens is 303 g/mol. The lowest BCUT2D eigenvalue weighted by Crippen LogP contribution is -2.47. The molecule has 12 heteroatoms. The van der Waals surface area contributed by atoms with E-state index in [4.69, 9.17) is 14.9 Å². The molecule has 0 unspecified atom stereocenters. The molecule has 0 saturated heterocycles. The zero-order valence-corrected chi connectivity index (χ0v) is 10.8. The van der Waals surface area contributed by atoms with Gasteiger partial charge in [-0.1, -0.05) is 0 Å². The van der Waals surface area contributed by atoms with Gasteiger partial charge in [-0.15, -0.1) is 0 Å². The van der Waals surface area contributed by atoms with Crippen LogP contribution in [0.3, 0.4) is 0 Å². The van der Waals surface area contributed by atoms with Crippen molar-refractivity contribution in [2.45, 2.75) is 30.8 Å². The summed E-state index contributed by atoms with van der Waals surface area (Å²) < 4.78 is 14.2. The van der Waals surface area contributed by atoms with Crippen molar-refractivity contribution in [3.05, 3.63) is 0 Å². The quantitative estimate of drug-likeness (QED) is 0.165. The molecule has 11 nitrogen and oxygen atoms in total. The predicted molar refractivity (Wildman–Crippen MR) is 59.3 cm³/mol. The molecule has 0 aromatic rings. The van der Waals surface area contributed by atoms with E-state index in [1.54, 1.807) is 0 Å².